The molecule has 0 spiro atoms. The van der Waals surface area contributed by atoms with Gasteiger partial charge in [-0.3, -0.25) is 4.72 Å². The van der Waals surface area contributed by atoms with E-state index in [0.29, 0.717) is 11.4 Å². The first kappa shape index (κ1) is 16.2. The Balaban J connectivity index is 2.31. The molecule has 8 heteroatoms. The fraction of sp³-hybridized carbons (Fsp3) is 0.231. The number of thiophene rings is 1. The Bertz CT molecular complexity index is 760. The number of rotatable bonds is 5. The lowest BCUT2D eigenvalue weighted by atomic mass is 10.3. The topological polar surface area (TPSA) is 58.2 Å². The van der Waals surface area contributed by atoms with E-state index in [-0.39, 0.29) is 15.6 Å². The molecule has 1 aromatic carbocycles. The fourth-order valence-corrected chi connectivity index (χ4v) is 4.64. The van der Waals surface area contributed by atoms with Gasteiger partial charge in [-0.15, -0.1) is 11.3 Å². The van der Waals surface area contributed by atoms with Crippen molar-refractivity contribution in [2.45, 2.75) is 18.4 Å². The van der Waals surface area contributed by atoms with Crippen molar-refractivity contribution in [1.82, 2.24) is 5.32 Å². The minimum atomic E-state index is -3.75. The summed E-state index contributed by atoms with van der Waals surface area (Å²) in [6.07, 6.45) is 0. The highest BCUT2D eigenvalue weighted by Crippen LogP contribution is 2.28. The molecular weight excluding hydrogens is 335 g/mol. The molecule has 2 aromatic rings. The third-order valence-corrected chi connectivity index (χ3v) is 5.73. The molecule has 21 heavy (non-hydrogen) atoms. The van der Waals surface area contributed by atoms with E-state index in [4.69, 9.17) is 11.6 Å². The number of hydrogen-bond acceptors (Lipinski definition) is 4. The molecular formula is C13H14ClFN2O2S2. The van der Waals surface area contributed by atoms with E-state index in [9.17, 15) is 12.8 Å². The van der Waals surface area contributed by atoms with Crippen LogP contribution in [0, 0.1) is 12.7 Å². The van der Waals surface area contributed by atoms with Gasteiger partial charge in [0.2, 0.25) is 0 Å². The van der Waals surface area contributed by atoms with Gasteiger partial charge in [-0.2, -0.15) is 0 Å². The molecule has 0 saturated carbocycles. The number of nitrogens with one attached hydrogen (secondary N) is 2. The summed E-state index contributed by atoms with van der Waals surface area (Å²) in [5, 5.41) is 2.92. The Morgan fingerprint density at radius 3 is 2.67 bits per heavy atom. The minimum Gasteiger partial charge on any atom is -0.315 e. The van der Waals surface area contributed by atoms with E-state index in [1.165, 1.54) is 23.5 Å². The molecule has 2 rings (SSSR count). The zero-order chi connectivity index (χ0) is 15.6. The van der Waals surface area contributed by atoms with Gasteiger partial charge in [-0.25, -0.2) is 12.8 Å². The standard InChI is InChI=1S/C13H14ClFN2O2S2/c1-8-13(6-10(20-8)7-16-2)21(18,19)17-9-3-4-11(14)12(15)5-9/h3-6,16-17H,7H2,1-2H3. The van der Waals surface area contributed by atoms with Gasteiger partial charge in [0.1, 0.15) is 10.7 Å². The highest BCUT2D eigenvalue weighted by molar-refractivity contribution is 7.93. The van der Waals surface area contributed by atoms with Crippen molar-refractivity contribution in [2.75, 3.05) is 11.8 Å². The summed E-state index contributed by atoms with van der Waals surface area (Å²) in [7, 11) is -1.96. The number of anilines is 1. The lowest BCUT2D eigenvalue weighted by Crippen LogP contribution is -2.13. The highest BCUT2D eigenvalue weighted by atomic mass is 35.5. The van der Waals surface area contributed by atoms with Crippen molar-refractivity contribution in [3.8, 4) is 0 Å². The van der Waals surface area contributed by atoms with Gasteiger partial charge < -0.3 is 5.32 Å². The first-order valence-corrected chi connectivity index (χ1v) is 8.73. The van der Waals surface area contributed by atoms with Crippen LogP contribution in [0.3, 0.4) is 0 Å². The second-order valence-corrected chi connectivity index (χ2v) is 7.80. The average Bonchev–Trinajstić information content (AvgIpc) is 2.76. The normalized spacial score (nSPS) is 11.6. The summed E-state index contributed by atoms with van der Waals surface area (Å²) in [5.41, 5.74) is 0.137. The molecule has 0 saturated heterocycles. The summed E-state index contributed by atoms with van der Waals surface area (Å²) in [4.78, 5) is 1.80. The van der Waals surface area contributed by atoms with Crippen LogP contribution in [0.1, 0.15) is 9.75 Å². The van der Waals surface area contributed by atoms with E-state index >= 15 is 0 Å². The molecule has 0 amide bonds. The largest absolute Gasteiger partial charge is 0.315 e. The first-order chi connectivity index (χ1) is 9.83. The fourth-order valence-electron chi connectivity index (χ4n) is 1.82. The molecule has 0 unspecified atom stereocenters. The average molecular weight is 349 g/mol. The Morgan fingerprint density at radius 2 is 2.05 bits per heavy atom. The van der Waals surface area contributed by atoms with Crippen LogP contribution in [0.4, 0.5) is 10.1 Å². The van der Waals surface area contributed by atoms with Crippen LogP contribution in [0.15, 0.2) is 29.2 Å². The van der Waals surface area contributed by atoms with Gasteiger partial charge in [-0.1, -0.05) is 11.6 Å². The summed E-state index contributed by atoms with van der Waals surface area (Å²) in [6.45, 7) is 2.33. The van der Waals surface area contributed by atoms with Crippen molar-refractivity contribution in [3.63, 3.8) is 0 Å². The number of halogens is 2. The molecule has 0 aliphatic carbocycles. The Hall–Kier alpha value is -1.15. The maximum absolute atomic E-state index is 13.4. The number of aryl methyl sites for hydroxylation is 1. The molecule has 0 radical (unpaired) electrons. The van der Waals surface area contributed by atoms with Gasteiger partial charge in [0.05, 0.1) is 10.7 Å². The lowest BCUT2D eigenvalue weighted by molar-refractivity contribution is 0.601. The first-order valence-electron chi connectivity index (χ1n) is 6.05. The lowest BCUT2D eigenvalue weighted by Gasteiger charge is -2.08. The second-order valence-electron chi connectivity index (χ2n) is 4.40. The summed E-state index contributed by atoms with van der Waals surface area (Å²) in [5.74, 6) is -0.672. The zero-order valence-corrected chi connectivity index (χ0v) is 13.8. The molecule has 0 fully saturated rings. The molecule has 114 valence electrons. The van der Waals surface area contributed by atoms with Gasteiger partial charge in [0.25, 0.3) is 10.0 Å². The summed E-state index contributed by atoms with van der Waals surface area (Å²) < 4.78 is 40.4. The summed E-state index contributed by atoms with van der Waals surface area (Å²) >= 11 is 6.98. The maximum atomic E-state index is 13.4. The van der Waals surface area contributed by atoms with Crippen LogP contribution in [-0.4, -0.2) is 15.5 Å². The van der Waals surface area contributed by atoms with Crippen LogP contribution in [0.25, 0.3) is 0 Å². The van der Waals surface area contributed by atoms with Gasteiger partial charge in [-0.05, 0) is 38.2 Å². The number of hydrogen-bond donors (Lipinski definition) is 2. The van der Waals surface area contributed by atoms with Crippen molar-refractivity contribution < 1.29 is 12.8 Å². The maximum Gasteiger partial charge on any atom is 0.263 e. The van der Waals surface area contributed by atoms with Crippen LogP contribution >= 0.6 is 22.9 Å². The number of sulfonamides is 1. The van der Waals surface area contributed by atoms with Crippen LogP contribution in [0.5, 0.6) is 0 Å². The van der Waals surface area contributed by atoms with Gasteiger partial charge in [0.15, 0.2) is 0 Å². The molecule has 0 aliphatic heterocycles. The van der Waals surface area contributed by atoms with E-state index < -0.39 is 15.8 Å². The van der Waals surface area contributed by atoms with Crippen LogP contribution in [-0.2, 0) is 16.6 Å². The molecule has 0 atom stereocenters. The van der Waals surface area contributed by atoms with Crippen molar-refractivity contribution in [2.24, 2.45) is 0 Å². The Morgan fingerprint density at radius 1 is 1.33 bits per heavy atom. The highest BCUT2D eigenvalue weighted by Gasteiger charge is 2.20. The van der Waals surface area contributed by atoms with Crippen molar-refractivity contribution in [3.05, 3.63) is 44.9 Å². The molecule has 0 bridgehead atoms. The Kier molecular flexibility index (Phi) is 4.88. The predicted molar refractivity (Wildman–Crippen MR) is 84.0 cm³/mol. The van der Waals surface area contributed by atoms with Crippen molar-refractivity contribution >= 4 is 38.6 Å². The summed E-state index contributed by atoms with van der Waals surface area (Å²) in [6, 6.07) is 5.39. The zero-order valence-electron chi connectivity index (χ0n) is 11.4. The van der Waals surface area contributed by atoms with E-state index in [0.717, 1.165) is 10.9 Å². The quantitative estimate of drug-likeness (QED) is 0.871. The third-order valence-electron chi connectivity index (χ3n) is 2.74. The van der Waals surface area contributed by atoms with Crippen LogP contribution in [0.2, 0.25) is 5.02 Å². The Labute approximate surface area is 132 Å². The van der Waals surface area contributed by atoms with E-state index in [1.54, 1.807) is 20.0 Å². The van der Waals surface area contributed by atoms with Crippen LogP contribution < -0.4 is 10.0 Å². The monoisotopic (exact) mass is 348 g/mol. The molecule has 1 heterocycles. The SMILES string of the molecule is CNCc1cc(S(=O)(=O)Nc2ccc(Cl)c(F)c2)c(C)s1. The minimum absolute atomic E-state index is 0.0547. The van der Waals surface area contributed by atoms with Gasteiger partial charge in [0, 0.05) is 16.3 Å². The van der Waals surface area contributed by atoms with Crippen molar-refractivity contribution in [1.29, 1.82) is 0 Å². The molecule has 1 aromatic heterocycles. The number of benzene rings is 1. The third kappa shape index (κ3) is 3.74. The smallest absolute Gasteiger partial charge is 0.263 e. The van der Waals surface area contributed by atoms with Gasteiger partial charge >= 0.3 is 0 Å². The molecule has 2 N–H and O–H groups in total. The molecule has 0 aliphatic rings. The predicted octanol–water partition coefficient (Wildman–Crippen LogP) is 3.37. The molecule has 4 nitrogen and oxygen atoms in total. The van der Waals surface area contributed by atoms with E-state index in [2.05, 4.69) is 10.0 Å². The van der Waals surface area contributed by atoms with E-state index in [1.807, 2.05) is 0 Å². The second kappa shape index (κ2) is 6.31.